The van der Waals surface area contributed by atoms with Crippen molar-refractivity contribution >= 4 is 0 Å². The van der Waals surface area contributed by atoms with E-state index in [0.29, 0.717) is 24.6 Å². The maximum atomic E-state index is 13.8. The van der Waals surface area contributed by atoms with Gasteiger partial charge in [-0.1, -0.05) is 0 Å². The number of ether oxygens (including phenoxy) is 1. The first kappa shape index (κ1) is 10.0. The first-order valence-corrected chi connectivity index (χ1v) is 5.59. The highest BCUT2D eigenvalue weighted by molar-refractivity contribution is 5.41. The molecule has 1 N–H and O–H groups in total. The Morgan fingerprint density at radius 2 is 2.00 bits per heavy atom. The smallest absolute Gasteiger partial charge is 0.165 e. The van der Waals surface area contributed by atoms with E-state index in [2.05, 4.69) is 5.32 Å². The standard InChI is InChI=1S/C12H13F2NO/c13-9-1-2-10(14)12-11(9)8-6-15-5-7(8)3-4-16-12/h1-2,7-8,15H,3-6H2/t7-,8+/m0/s1. The Balaban J connectivity index is 2.15. The van der Waals surface area contributed by atoms with Crippen LogP contribution < -0.4 is 10.1 Å². The van der Waals surface area contributed by atoms with Gasteiger partial charge in [-0.05, 0) is 31.0 Å². The predicted molar refractivity (Wildman–Crippen MR) is 55.6 cm³/mol. The summed E-state index contributed by atoms with van der Waals surface area (Å²) in [5, 5.41) is 3.23. The van der Waals surface area contributed by atoms with E-state index < -0.39 is 5.82 Å². The Bertz CT molecular complexity index is 422. The topological polar surface area (TPSA) is 21.3 Å². The normalized spacial score (nSPS) is 27.9. The molecule has 0 bridgehead atoms. The molecule has 0 spiro atoms. The van der Waals surface area contributed by atoms with Gasteiger partial charge in [-0.2, -0.15) is 0 Å². The van der Waals surface area contributed by atoms with Gasteiger partial charge in [0.15, 0.2) is 11.6 Å². The van der Waals surface area contributed by atoms with Crippen LogP contribution in [0.5, 0.6) is 5.75 Å². The number of fused-ring (bicyclic) bond motifs is 3. The van der Waals surface area contributed by atoms with Crippen LogP contribution in [0.1, 0.15) is 17.9 Å². The van der Waals surface area contributed by atoms with Crippen molar-refractivity contribution in [3.8, 4) is 5.75 Å². The molecular weight excluding hydrogens is 212 g/mol. The zero-order valence-corrected chi connectivity index (χ0v) is 8.80. The molecule has 0 aliphatic carbocycles. The molecule has 1 fully saturated rings. The third-order valence-corrected chi connectivity index (χ3v) is 3.54. The maximum absolute atomic E-state index is 13.8. The van der Waals surface area contributed by atoms with Crippen molar-refractivity contribution in [2.75, 3.05) is 19.7 Å². The highest BCUT2D eigenvalue weighted by Gasteiger charge is 2.35. The molecule has 2 nitrogen and oxygen atoms in total. The van der Waals surface area contributed by atoms with E-state index in [-0.39, 0.29) is 17.5 Å². The van der Waals surface area contributed by atoms with Gasteiger partial charge in [0.25, 0.3) is 0 Å². The lowest BCUT2D eigenvalue weighted by Crippen LogP contribution is -2.11. The van der Waals surface area contributed by atoms with Gasteiger partial charge in [0.1, 0.15) is 5.82 Å². The summed E-state index contributed by atoms with van der Waals surface area (Å²) in [6.07, 6.45) is 0.852. The van der Waals surface area contributed by atoms with Gasteiger partial charge in [0.2, 0.25) is 0 Å². The zero-order chi connectivity index (χ0) is 11.1. The summed E-state index contributed by atoms with van der Waals surface area (Å²) >= 11 is 0. The van der Waals surface area contributed by atoms with Crippen molar-refractivity contribution in [2.24, 2.45) is 5.92 Å². The summed E-state index contributed by atoms with van der Waals surface area (Å²) in [7, 11) is 0. The van der Waals surface area contributed by atoms with E-state index in [9.17, 15) is 8.78 Å². The molecule has 0 saturated carbocycles. The Morgan fingerprint density at radius 3 is 2.88 bits per heavy atom. The lowest BCUT2D eigenvalue weighted by atomic mass is 9.87. The SMILES string of the molecule is Fc1ccc(F)c2c1OCC[C@H]1CNC[C@@H]21. The van der Waals surface area contributed by atoms with Crippen LogP contribution >= 0.6 is 0 Å². The Hall–Kier alpha value is -1.16. The quantitative estimate of drug-likeness (QED) is 0.729. The van der Waals surface area contributed by atoms with Gasteiger partial charge >= 0.3 is 0 Å². The Morgan fingerprint density at radius 1 is 1.19 bits per heavy atom. The number of hydrogen-bond donors (Lipinski definition) is 1. The first-order chi connectivity index (χ1) is 7.77. The first-order valence-electron chi connectivity index (χ1n) is 5.59. The average Bonchev–Trinajstić information content (AvgIpc) is 2.64. The second-order valence-electron chi connectivity index (χ2n) is 4.43. The van der Waals surface area contributed by atoms with E-state index in [1.807, 2.05) is 0 Å². The molecule has 4 heteroatoms. The highest BCUT2D eigenvalue weighted by Crippen LogP contribution is 2.41. The van der Waals surface area contributed by atoms with Crippen LogP contribution in [0.4, 0.5) is 8.78 Å². The van der Waals surface area contributed by atoms with Crippen molar-refractivity contribution in [3.05, 3.63) is 29.3 Å². The molecule has 2 atom stereocenters. The molecule has 1 aromatic rings. The second kappa shape index (κ2) is 3.70. The fourth-order valence-corrected chi connectivity index (χ4v) is 2.73. The number of halogens is 2. The lowest BCUT2D eigenvalue weighted by molar-refractivity contribution is 0.284. The molecule has 2 aliphatic rings. The summed E-state index contributed by atoms with van der Waals surface area (Å²) in [5.41, 5.74) is 0.424. The number of benzene rings is 1. The number of rotatable bonds is 0. The van der Waals surface area contributed by atoms with Crippen molar-refractivity contribution < 1.29 is 13.5 Å². The molecule has 86 valence electrons. The fraction of sp³-hybridized carbons (Fsp3) is 0.500. The van der Waals surface area contributed by atoms with E-state index in [4.69, 9.17) is 4.74 Å². The summed E-state index contributed by atoms with van der Waals surface area (Å²) in [4.78, 5) is 0. The monoisotopic (exact) mass is 225 g/mol. The molecule has 1 saturated heterocycles. The molecule has 0 radical (unpaired) electrons. The van der Waals surface area contributed by atoms with E-state index in [0.717, 1.165) is 19.0 Å². The van der Waals surface area contributed by atoms with Crippen LogP contribution in [-0.2, 0) is 0 Å². The van der Waals surface area contributed by atoms with E-state index in [1.165, 1.54) is 6.07 Å². The van der Waals surface area contributed by atoms with E-state index in [1.54, 1.807) is 0 Å². The Kier molecular flexibility index (Phi) is 2.32. The van der Waals surface area contributed by atoms with Crippen LogP contribution in [0, 0.1) is 17.6 Å². The third kappa shape index (κ3) is 1.40. The summed E-state index contributed by atoms with van der Waals surface area (Å²) in [6, 6.07) is 2.33. The predicted octanol–water partition coefficient (Wildman–Crippen LogP) is 2.05. The van der Waals surface area contributed by atoms with Crippen molar-refractivity contribution in [2.45, 2.75) is 12.3 Å². The van der Waals surface area contributed by atoms with Gasteiger partial charge in [-0.3, -0.25) is 0 Å². The molecule has 0 amide bonds. The summed E-state index contributed by atoms with van der Waals surface area (Å²) in [6.45, 7) is 2.04. The summed E-state index contributed by atoms with van der Waals surface area (Å²) < 4.78 is 32.7. The van der Waals surface area contributed by atoms with Gasteiger partial charge < -0.3 is 10.1 Å². The largest absolute Gasteiger partial charge is 0.490 e. The number of nitrogens with one attached hydrogen (secondary N) is 1. The Labute approximate surface area is 92.6 Å². The number of hydrogen-bond acceptors (Lipinski definition) is 2. The maximum Gasteiger partial charge on any atom is 0.165 e. The van der Waals surface area contributed by atoms with Crippen LogP contribution in [0.25, 0.3) is 0 Å². The van der Waals surface area contributed by atoms with Gasteiger partial charge in [0.05, 0.1) is 6.61 Å². The molecule has 2 heterocycles. The van der Waals surface area contributed by atoms with Crippen LogP contribution in [0.15, 0.2) is 12.1 Å². The molecular formula is C12H13F2NO. The van der Waals surface area contributed by atoms with Gasteiger partial charge in [0, 0.05) is 18.0 Å². The average molecular weight is 225 g/mol. The van der Waals surface area contributed by atoms with Crippen LogP contribution in [0.2, 0.25) is 0 Å². The van der Waals surface area contributed by atoms with Gasteiger partial charge in [-0.15, -0.1) is 0 Å². The van der Waals surface area contributed by atoms with Crippen molar-refractivity contribution in [3.63, 3.8) is 0 Å². The van der Waals surface area contributed by atoms with Crippen LogP contribution in [-0.4, -0.2) is 19.7 Å². The minimum absolute atomic E-state index is 0.0493. The molecule has 2 aliphatic heterocycles. The minimum atomic E-state index is -0.455. The minimum Gasteiger partial charge on any atom is -0.490 e. The van der Waals surface area contributed by atoms with Crippen LogP contribution in [0.3, 0.4) is 0 Å². The third-order valence-electron chi connectivity index (χ3n) is 3.54. The zero-order valence-electron chi connectivity index (χ0n) is 8.80. The molecule has 16 heavy (non-hydrogen) atoms. The summed E-state index contributed by atoms with van der Waals surface area (Å²) in [5.74, 6) is -0.275. The molecule has 0 unspecified atom stereocenters. The van der Waals surface area contributed by atoms with E-state index >= 15 is 0 Å². The van der Waals surface area contributed by atoms with Crippen molar-refractivity contribution in [1.29, 1.82) is 0 Å². The fourth-order valence-electron chi connectivity index (χ4n) is 2.73. The van der Waals surface area contributed by atoms with Crippen molar-refractivity contribution in [1.82, 2.24) is 5.32 Å². The highest BCUT2D eigenvalue weighted by atomic mass is 19.1. The molecule has 3 rings (SSSR count). The lowest BCUT2D eigenvalue weighted by Gasteiger charge is -2.16. The molecule has 0 aromatic heterocycles. The molecule has 1 aromatic carbocycles. The van der Waals surface area contributed by atoms with Gasteiger partial charge in [-0.25, -0.2) is 8.78 Å². The second-order valence-corrected chi connectivity index (χ2v) is 4.43.